The molecule has 0 heterocycles. The van der Waals surface area contributed by atoms with Gasteiger partial charge in [-0.2, -0.15) is 0 Å². The quantitative estimate of drug-likeness (QED) is 0.921. The summed E-state index contributed by atoms with van der Waals surface area (Å²) in [6.45, 7) is 0.416. The monoisotopic (exact) mass is 277 g/mol. The van der Waals surface area contributed by atoms with E-state index in [4.69, 9.17) is 27.9 Å². The summed E-state index contributed by atoms with van der Waals surface area (Å²) in [6.07, 6.45) is 0.0792. The first-order valence-corrected chi connectivity index (χ1v) is 5.67. The van der Waals surface area contributed by atoms with Gasteiger partial charge in [-0.3, -0.25) is 0 Å². The van der Waals surface area contributed by atoms with Gasteiger partial charge >= 0.3 is 6.09 Å². The number of hydrogen-bond acceptors (Lipinski definition) is 3. The van der Waals surface area contributed by atoms with Crippen LogP contribution in [0.3, 0.4) is 0 Å². The summed E-state index contributed by atoms with van der Waals surface area (Å²) in [5, 5.41) is 3.55. The molecule has 1 aromatic carbocycles. The molecule has 0 saturated carbocycles. The topological polar surface area (TPSA) is 47.6 Å². The molecular formula is C11H13Cl2NO3. The minimum atomic E-state index is -0.475. The first kappa shape index (κ1) is 13.9. The van der Waals surface area contributed by atoms with Crippen molar-refractivity contribution in [3.05, 3.63) is 27.7 Å². The summed E-state index contributed by atoms with van der Waals surface area (Å²) in [5.41, 5.74) is 0.835. The van der Waals surface area contributed by atoms with Gasteiger partial charge in [0.15, 0.2) is 0 Å². The van der Waals surface area contributed by atoms with Crippen LogP contribution in [0.1, 0.15) is 5.56 Å². The maximum absolute atomic E-state index is 10.9. The Hall–Kier alpha value is -1.13. The molecule has 1 amide bonds. The molecule has 17 heavy (non-hydrogen) atoms. The van der Waals surface area contributed by atoms with E-state index in [1.165, 1.54) is 14.2 Å². The molecule has 0 aliphatic rings. The Morgan fingerprint density at radius 3 is 2.65 bits per heavy atom. The molecule has 0 aromatic heterocycles. The van der Waals surface area contributed by atoms with Crippen LogP contribution in [0.5, 0.6) is 5.75 Å². The molecule has 0 fully saturated rings. The van der Waals surface area contributed by atoms with Crippen LogP contribution in [0.2, 0.25) is 10.0 Å². The third-order valence-electron chi connectivity index (χ3n) is 2.14. The highest BCUT2D eigenvalue weighted by Crippen LogP contribution is 2.32. The highest BCUT2D eigenvalue weighted by molar-refractivity contribution is 6.35. The fourth-order valence-electron chi connectivity index (χ4n) is 1.40. The average Bonchev–Trinajstić information content (AvgIpc) is 2.28. The van der Waals surface area contributed by atoms with E-state index in [9.17, 15) is 4.79 Å². The number of ether oxygens (including phenoxy) is 2. The van der Waals surface area contributed by atoms with Gasteiger partial charge in [-0.1, -0.05) is 23.2 Å². The third kappa shape index (κ3) is 3.98. The number of amides is 1. The highest BCUT2D eigenvalue weighted by atomic mass is 35.5. The van der Waals surface area contributed by atoms with Crippen molar-refractivity contribution in [3.63, 3.8) is 0 Å². The van der Waals surface area contributed by atoms with Gasteiger partial charge in [0.25, 0.3) is 0 Å². The molecule has 1 N–H and O–H groups in total. The van der Waals surface area contributed by atoms with Gasteiger partial charge in [-0.25, -0.2) is 4.79 Å². The van der Waals surface area contributed by atoms with Crippen LogP contribution in [0.4, 0.5) is 4.79 Å². The summed E-state index contributed by atoms with van der Waals surface area (Å²) in [6, 6.07) is 3.37. The van der Waals surface area contributed by atoms with E-state index < -0.39 is 6.09 Å². The Morgan fingerprint density at radius 2 is 2.06 bits per heavy atom. The molecular weight excluding hydrogens is 265 g/mol. The van der Waals surface area contributed by atoms with Gasteiger partial charge in [-0.15, -0.1) is 0 Å². The SMILES string of the molecule is COC(=O)NCCc1cc(Cl)cc(Cl)c1OC. The Labute approximate surface area is 110 Å². The number of benzene rings is 1. The van der Waals surface area contributed by atoms with Crippen molar-refractivity contribution in [1.29, 1.82) is 0 Å². The van der Waals surface area contributed by atoms with Crippen molar-refractivity contribution in [2.45, 2.75) is 6.42 Å². The normalized spacial score (nSPS) is 9.88. The Bertz CT molecular complexity index is 410. The zero-order valence-electron chi connectivity index (χ0n) is 9.55. The van der Waals surface area contributed by atoms with Crippen molar-refractivity contribution in [3.8, 4) is 5.75 Å². The van der Waals surface area contributed by atoms with E-state index in [2.05, 4.69) is 10.1 Å². The van der Waals surface area contributed by atoms with E-state index in [0.29, 0.717) is 28.8 Å². The molecule has 0 radical (unpaired) electrons. The summed E-state index contributed by atoms with van der Waals surface area (Å²) in [4.78, 5) is 10.9. The number of carbonyl (C=O) groups excluding carboxylic acids is 1. The molecule has 1 rings (SSSR count). The second-order valence-corrected chi connectivity index (χ2v) is 4.09. The van der Waals surface area contributed by atoms with E-state index in [-0.39, 0.29) is 0 Å². The molecule has 1 aromatic rings. The molecule has 0 unspecified atom stereocenters. The number of nitrogens with one attached hydrogen (secondary N) is 1. The average molecular weight is 278 g/mol. The predicted octanol–water partition coefficient (Wildman–Crippen LogP) is 2.90. The molecule has 0 aliphatic carbocycles. The largest absolute Gasteiger partial charge is 0.495 e. The van der Waals surface area contributed by atoms with E-state index in [1.807, 2.05) is 0 Å². The number of halogens is 2. The van der Waals surface area contributed by atoms with Crippen molar-refractivity contribution in [1.82, 2.24) is 5.32 Å². The number of carbonyl (C=O) groups is 1. The molecule has 4 nitrogen and oxygen atoms in total. The molecule has 0 saturated heterocycles. The van der Waals surface area contributed by atoms with Crippen LogP contribution in [0.25, 0.3) is 0 Å². The fraction of sp³-hybridized carbons (Fsp3) is 0.364. The Balaban J connectivity index is 2.72. The van der Waals surface area contributed by atoms with Crippen LogP contribution < -0.4 is 10.1 Å². The van der Waals surface area contributed by atoms with Crippen LogP contribution in [0.15, 0.2) is 12.1 Å². The van der Waals surface area contributed by atoms with Gasteiger partial charge in [-0.05, 0) is 24.1 Å². The lowest BCUT2D eigenvalue weighted by molar-refractivity contribution is 0.171. The lowest BCUT2D eigenvalue weighted by Gasteiger charge is -2.11. The number of rotatable bonds is 4. The van der Waals surface area contributed by atoms with Crippen LogP contribution in [-0.2, 0) is 11.2 Å². The summed E-state index contributed by atoms with van der Waals surface area (Å²) < 4.78 is 9.64. The van der Waals surface area contributed by atoms with Gasteiger partial charge in [0, 0.05) is 11.6 Å². The zero-order chi connectivity index (χ0) is 12.8. The number of hydrogen-bond donors (Lipinski definition) is 1. The van der Waals surface area contributed by atoms with E-state index >= 15 is 0 Å². The van der Waals surface area contributed by atoms with Gasteiger partial charge in [0.2, 0.25) is 0 Å². The lowest BCUT2D eigenvalue weighted by atomic mass is 10.1. The fourth-order valence-corrected chi connectivity index (χ4v) is 2.01. The van der Waals surface area contributed by atoms with Crippen LogP contribution in [-0.4, -0.2) is 26.9 Å². The maximum Gasteiger partial charge on any atom is 0.406 e. The van der Waals surface area contributed by atoms with E-state index in [1.54, 1.807) is 12.1 Å². The first-order chi connectivity index (χ1) is 8.08. The molecule has 0 atom stereocenters. The second-order valence-electron chi connectivity index (χ2n) is 3.25. The van der Waals surface area contributed by atoms with Gasteiger partial charge < -0.3 is 14.8 Å². The third-order valence-corrected chi connectivity index (χ3v) is 2.64. The van der Waals surface area contributed by atoms with Crippen molar-refractivity contribution in [2.75, 3.05) is 20.8 Å². The van der Waals surface area contributed by atoms with Gasteiger partial charge in [0.1, 0.15) is 5.75 Å². The van der Waals surface area contributed by atoms with Crippen LogP contribution >= 0.6 is 23.2 Å². The smallest absolute Gasteiger partial charge is 0.406 e. The molecule has 6 heteroatoms. The highest BCUT2D eigenvalue weighted by Gasteiger charge is 2.10. The Kier molecular flexibility index (Phi) is 5.38. The summed E-state index contributed by atoms with van der Waals surface area (Å²) in [5.74, 6) is 0.572. The van der Waals surface area contributed by atoms with Crippen molar-refractivity contribution < 1.29 is 14.3 Å². The summed E-state index contributed by atoms with van der Waals surface area (Å²) in [7, 11) is 2.85. The second kappa shape index (κ2) is 6.57. The Morgan fingerprint density at radius 1 is 1.35 bits per heavy atom. The minimum Gasteiger partial charge on any atom is -0.495 e. The van der Waals surface area contributed by atoms with Crippen molar-refractivity contribution >= 4 is 29.3 Å². The maximum atomic E-state index is 10.9. The lowest BCUT2D eigenvalue weighted by Crippen LogP contribution is -2.25. The molecule has 0 aliphatic heterocycles. The minimum absolute atomic E-state index is 0.416. The molecule has 0 spiro atoms. The molecule has 0 bridgehead atoms. The first-order valence-electron chi connectivity index (χ1n) is 4.92. The van der Waals surface area contributed by atoms with E-state index in [0.717, 1.165) is 5.56 Å². The van der Waals surface area contributed by atoms with Gasteiger partial charge in [0.05, 0.1) is 19.2 Å². The number of methoxy groups -OCH3 is 2. The summed E-state index contributed by atoms with van der Waals surface area (Å²) >= 11 is 11.9. The predicted molar refractivity (Wildman–Crippen MR) is 67.1 cm³/mol. The molecule has 94 valence electrons. The standard InChI is InChI=1S/C11H13Cl2NO3/c1-16-10-7(3-4-14-11(15)17-2)5-8(12)6-9(10)13/h5-6H,3-4H2,1-2H3,(H,14,15). The van der Waals surface area contributed by atoms with Crippen LogP contribution in [0, 0.1) is 0 Å². The zero-order valence-corrected chi connectivity index (χ0v) is 11.1. The van der Waals surface area contributed by atoms with Crippen molar-refractivity contribution in [2.24, 2.45) is 0 Å². The number of alkyl carbamates (subject to hydrolysis) is 1.